The van der Waals surface area contributed by atoms with Gasteiger partial charge in [-0.1, -0.05) is 139 Å². The van der Waals surface area contributed by atoms with Gasteiger partial charge in [0.05, 0.1) is 0 Å². The second-order valence-electron chi connectivity index (χ2n) is 10.1. The summed E-state index contributed by atoms with van der Waals surface area (Å²) in [5.41, 5.74) is 7.99. The number of rotatable bonds is 4. The van der Waals surface area contributed by atoms with E-state index in [1.54, 1.807) is 0 Å². The zero-order valence-corrected chi connectivity index (χ0v) is 19.2. The molecule has 0 saturated heterocycles. The van der Waals surface area contributed by atoms with Gasteiger partial charge in [0, 0.05) is 0 Å². The fourth-order valence-corrected chi connectivity index (χ4v) is 3.29. The first-order valence-electron chi connectivity index (χ1n) is 10.8. The van der Waals surface area contributed by atoms with Crippen LogP contribution in [0.25, 0.3) is 24.3 Å². The molecule has 0 nitrogen and oxygen atoms in total. The summed E-state index contributed by atoms with van der Waals surface area (Å²) in [6, 6.07) is 26.3. The third-order valence-electron chi connectivity index (χ3n) is 5.43. The SMILES string of the molecule is CC(C)(C)c1ccc(C=Cc2ccc(C=Cc3ccc(C(C)(C)C)cc3)cc2)cc1. The summed E-state index contributed by atoms with van der Waals surface area (Å²) in [5.74, 6) is 0. The van der Waals surface area contributed by atoms with Crippen molar-refractivity contribution >= 4 is 24.3 Å². The Labute approximate surface area is 183 Å². The summed E-state index contributed by atoms with van der Waals surface area (Å²) < 4.78 is 0. The maximum Gasteiger partial charge on any atom is -0.0132 e. The lowest BCUT2D eigenvalue weighted by Gasteiger charge is -2.18. The number of hydrogen-bond acceptors (Lipinski definition) is 0. The second kappa shape index (κ2) is 8.88. The molecule has 0 saturated carbocycles. The molecule has 0 aliphatic carbocycles. The van der Waals surface area contributed by atoms with E-state index < -0.39 is 0 Å². The molecule has 0 N–H and O–H groups in total. The van der Waals surface area contributed by atoms with Gasteiger partial charge in [0.1, 0.15) is 0 Å². The average Bonchev–Trinajstić information content (AvgIpc) is 2.71. The van der Waals surface area contributed by atoms with Gasteiger partial charge in [0.2, 0.25) is 0 Å². The van der Waals surface area contributed by atoms with Crippen LogP contribution in [0.15, 0.2) is 72.8 Å². The molecule has 0 heteroatoms. The zero-order chi connectivity index (χ0) is 21.8. The van der Waals surface area contributed by atoms with Gasteiger partial charge in [-0.3, -0.25) is 0 Å². The predicted octanol–water partition coefficient (Wildman–Crippen LogP) is 8.62. The van der Waals surface area contributed by atoms with Gasteiger partial charge in [-0.15, -0.1) is 0 Å². The lowest BCUT2D eigenvalue weighted by molar-refractivity contribution is 0.590. The molecule has 30 heavy (non-hydrogen) atoms. The van der Waals surface area contributed by atoms with Crippen molar-refractivity contribution in [3.05, 3.63) is 106 Å². The highest BCUT2D eigenvalue weighted by Gasteiger charge is 2.13. The number of hydrogen-bond donors (Lipinski definition) is 0. The van der Waals surface area contributed by atoms with Crippen molar-refractivity contribution in [3.63, 3.8) is 0 Å². The Morgan fingerprint density at radius 2 is 0.567 bits per heavy atom. The first-order chi connectivity index (χ1) is 14.1. The molecule has 0 unspecified atom stereocenters. The minimum Gasteiger partial charge on any atom is -0.0579 e. The van der Waals surface area contributed by atoms with E-state index in [9.17, 15) is 0 Å². The lowest BCUT2D eigenvalue weighted by atomic mass is 9.86. The summed E-state index contributed by atoms with van der Waals surface area (Å²) >= 11 is 0. The van der Waals surface area contributed by atoms with Crippen molar-refractivity contribution in [2.75, 3.05) is 0 Å². The van der Waals surface area contributed by atoms with Gasteiger partial charge < -0.3 is 0 Å². The van der Waals surface area contributed by atoms with E-state index in [2.05, 4.69) is 139 Å². The highest BCUT2D eigenvalue weighted by Crippen LogP contribution is 2.24. The molecule has 0 radical (unpaired) electrons. The van der Waals surface area contributed by atoms with Crippen LogP contribution in [0.2, 0.25) is 0 Å². The van der Waals surface area contributed by atoms with E-state index in [4.69, 9.17) is 0 Å². The molecule has 3 rings (SSSR count). The molecule has 0 spiro atoms. The molecule has 0 heterocycles. The Bertz CT molecular complexity index is 911. The molecule has 0 aliphatic rings. The first-order valence-corrected chi connectivity index (χ1v) is 10.8. The molecule has 0 aliphatic heterocycles. The first kappa shape index (κ1) is 21.8. The summed E-state index contributed by atoms with van der Waals surface area (Å²) in [4.78, 5) is 0. The third kappa shape index (κ3) is 6.07. The molecule has 3 aromatic rings. The van der Waals surface area contributed by atoms with E-state index in [1.807, 2.05) is 0 Å². The Hall–Kier alpha value is -2.86. The van der Waals surface area contributed by atoms with Crippen molar-refractivity contribution in [2.45, 2.75) is 52.4 Å². The molecule has 154 valence electrons. The van der Waals surface area contributed by atoms with Crippen molar-refractivity contribution in [3.8, 4) is 0 Å². The molecule has 0 fully saturated rings. The van der Waals surface area contributed by atoms with Gasteiger partial charge in [-0.25, -0.2) is 0 Å². The highest BCUT2D eigenvalue weighted by atomic mass is 14.2. The standard InChI is InChI=1S/C30H34/c1-29(2,3)27-19-15-25(16-20-27)13-11-23-7-9-24(10-8-23)12-14-26-17-21-28(22-18-26)30(4,5)6/h7-22H,1-6H3. The topological polar surface area (TPSA) is 0 Å². The Morgan fingerprint density at radius 1 is 0.367 bits per heavy atom. The fraction of sp³-hybridized carbons (Fsp3) is 0.267. The van der Waals surface area contributed by atoms with E-state index >= 15 is 0 Å². The zero-order valence-electron chi connectivity index (χ0n) is 19.2. The quantitative estimate of drug-likeness (QED) is 0.388. The smallest absolute Gasteiger partial charge is 0.0132 e. The fourth-order valence-electron chi connectivity index (χ4n) is 3.29. The predicted molar refractivity (Wildman–Crippen MR) is 135 cm³/mol. The van der Waals surface area contributed by atoms with Crippen LogP contribution in [0, 0.1) is 0 Å². The molecule has 3 aromatic carbocycles. The summed E-state index contributed by atoms with van der Waals surface area (Å²) in [6.45, 7) is 13.5. The van der Waals surface area contributed by atoms with Crippen LogP contribution in [-0.4, -0.2) is 0 Å². The molecule has 0 atom stereocenters. The molecule has 0 bridgehead atoms. The minimum atomic E-state index is 0.195. The van der Waals surface area contributed by atoms with E-state index in [1.165, 1.54) is 33.4 Å². The average molecular weight is 395 g/mol. The molecule has 0 amide bonds. The Balaban J connectivity index is 1.63. The van der Waals surface area contributed by atoms with E-state index in [-0.39, 0.29) is 10.8 Å². The summed E-state index contributed by atoms with van der Waals surface area (Å²) in [5, 5.41) is 0. The molecule has 0 aromatic heterocycles. The third-order valence-corrected chi connectivity index (χ3v) is 5.43. The number of benzene rings is 3. The van der Waals surface area contributed by atoms with Crippen molar-refractivity contribution in [2.24, 2.45) is 0 Å². The Kier molecular flexibility index (Phi) is 6.46. The molecular formula is C30H34. The highest BCUT2D eigenvalue weighted by molar-refractivity contribution is 5.73. The van der Waals surface area contributed by atoms with Gasteiger partial charge in [-0.05, 0) is 44.2 Å². The maximum atomic E-state index is 2.24. The van der Waals surface area contributed by atoms with E-state index in [0.29, 0.717) is 0 Å². The van der Waals surface area contributed by atoms with Crippen LogP contribution in [0.3, 0.4) is 0 Å². The lowest BCUT2D eigenvalue weighted by Crippen LogP contribution is -2.10. The van der Waals surface area contributed by atoms with Crippen molar-refractivity contribution in [1.29, 1.82) is 0 Å². The normalized spacial score (nSPS) is 12.7. The van der Waals surface area contributed by atoms with Crippen molar-refractivity contribution in [1.82, 2.24) is 0 Å². The van der Waals surface area contributed by atoms with Gasteiger partial charge in [-0.2, -0.15) is 0 Å². The van der Waals surface area contributed by atoms with E-state index in [0.717, 1.165) is 0 Å². The van der Waals surface area contributed by atoms with Crippen molar-refractivity contribution < 1.29 is 0 Å². The van der Waals surface area contributed by atoms with Gasteiger partial charge >= 0.3 is 0 Å². The largest absolute Gasteiger partial charge is 0.0579 e. The maximum absolute atomic E-state index is 2.24. The molecular weight excluding hydrogens is 360 g/mol. The van der Waals surface area contributed by atoms with Crippen LogP contribution < -0.4 is 0 Å². The minimum absolute atomic E-state index is 0.195. The van der Waals surface area contributed by atoms with Gasteiger partial charge in [0.15, 0.2) is 0 Å². The van der Waals surface area contributed by atoms with Crippen LogP contribution in [-0.2, 0) is 10.8 Å². The van der Waals surface area contributed by atoms with Crippen LogP contribution in [0.4, 0.5) is 0 Å². The van der Waals surface area contributed by atoms with Crippen LogP contribution in [0.5, 0.6) is 0 Å². The van der Waals surface area contributed by atoms with Gasteiger partial charge in [0.25, 0.3) is 0 Å². The second-order valence-corrected chi connectivity index (χ2v) is 10.1. The summed E-state index contributed by atoms with van der Waals surface area (Å²) in [6.07, 6.45) is 8.69. The van der Waals surface area contributed by atoms with Crippen LogP contribution in [0.1, 0.15) is 74.9 Å². The Morgan fingerprint density at radius 3 is 0.767 bits per heavy atom. The summed E-state index contributed by atoms with van der Waals surface area (Å²) in [7, 11) is 0. The monoisotopic (exact) mass is 394 g/mol. The van der Waals surface area contributed by atoms with Crippen LogP contribution >= 0.6 is 0 Å².